The molecule has 2 fully saturated rings. The van der Waals surface area contributed by atoms with E-state index in [1.54, 1.807) is 20.8 Å². The number of ether oxygens (including phenoxy) is 1. The zero-order valence-corrected chi connectivity index (χ0v) is 20.6. The summed E-state index contributed by atoms with van der Waals surface area (Å²) in [7, 11) is 0. The maximum absolute atomic E-state index is 17.2. The van der Waals surface area contributed by atoms with Crippen molar-refractivity contribution in [3.8, 4) is 0 Å². The van der Waals surface area contributed by atoms with Crippen LogP contribution in [0.3, 0.4) is 0 Å². The molecule has 0 spiro atoms. The number of thioether (sulfide) groups is 1. The average molecular weight is 501 g/mol. The lowest BCUT2D eigenvalue weighted by Gasteiger charge is -2.62. The third kappa shape index (κ3) is 3.01. The van der Waals surface area contributed by atoms with Crippen LogP contribution in [-0.4, -0.2) is 45.4 Å². The van der Waals surface area contributed by atoms with Gasteiger partial charge in [-0.3, -0.25) is 14.4 Å². The van der Waals surface area contributed by atoms with Crippen molar-refractivity contribution in [3.05, 3.63) is 23.6 Å². The highest BCUT2D eigenvalue weighted by atomic mass is 32.2. The Bertz CT molecular complexity index is 997. The van der Waals surface area contributed by atoms with Gasteiger partial charge >= 0.3 is 5.97 Å². The van der Waals surface area contributed by atoms with Gasteiger partial charge in [0.1, 0.15) is 11.8 Å². The molecule has 0 amide bonds. The smallest absolute Gasteiger partial charge is 0.306 e. The van der Waals surface area contributed by atoms with Crippen LogP contribution in [0.5, 0.6) is 0 Å². The third-order valence-corrected chi connectivity index (χ3v) is 9.93. The van der Waals surface area contributed by atoms with E-state index in [4.69, 9.17) is 4.74 Å². The van der Waals surface area contributed by atoms with Crippen LogP contribution in [0.4, 0.5) is 13.2 Å². The topological polar surface area (TPSA) is 80.7 Å². The summed E-state index contributed by atoms with van der Waals surface area (Å²) in [6.07, 6.45) is 0.414. The molecule has 34 heavy (non-hydrogen) atoms. The van der Waals surface area contributed by atoms with Crippen LogP contribution in [0.2, 0.25) is 0 Å². The fourth-order valence-corrected chi connectivity index (χ4v) is 8.39. The summed E-state index contributed by atoms with van der Waals surface area (Å²) in [5.41, 5.74) is -6.77. The van der Waals surface area contributed by atoms with E-state index >= 15 is 8.78 Å². The van der Waals surface area contributed by atoms with Crippen molar-refractivity contribution < 1.29 is 37.4 Å². The van der Waals surface area contributed by atoms with E-state index in [9.17, 15) is 23.9 Å². The van der Waals surface area contributed by atoms with E-state index in [2.05, 4.69) is 0 Å². The van der Waals surface area contributed by atoms with Crippen molar-refractivity contribution >= 4 is 28.6 Å². The summed E-state index contributed by atoms with van der Waals surface area (Å²) in [4.78, 5) is 37.8. The van der Waals surface area contributed by atoms with Gasteiger partial charge in [0.2, 0.25) is 5.12 Å². The molecule has 0 aromatic carbocycles. The quantitative estimate of drug-likeness (QED) is 0.560. The van der Waals surface area contributed by atoms with Gasteiger partial charge in [-0.25, -0.2) is 13.2 Å². The predicted molar refractivity (Wildman–Crippen MR) is 121 cm³/mol. The van der Waals surface area contributed by atoms with Gasteiger partial charge in [0.05, 0.1) is 6.10 Å². The number of rotatable bonds is 4. The first-order chi connectivity index (χ1) is 15.8. The highest BCUT2D eigenvalue weighted by Gasteiger charge is 2.77. The molecule has 8 atom stereocenters. The van der Waals surface area contributed by atoms with E-state index in [-0.39, 0.29) is 43.5 Å². The maximum Gasteiger partial charge on any atom is 0.306 e. The van der Waals surface area contributed by atoms with Gasteiger partial charge in [0.15, 0.2) is 17.1 Å². The Balaban J connectivity index is 1.89. The van der Waals surface area contributed by atoms with Crippen LogP contribution in [0.1, 0.15) is 59.8 Å². The zero-order valence-electron chi connectivity index (χ0n) is 19.8. The molecule has 4 aliphatic rings. The normalized spacial score (nSPS) is 45.5. The Hall–Kier alpha value is -1.61. The van der Waals surface area contributed by atoms with Crippen molar-refractivity contribution in [2.24, 2.45) is 28.6 Å². The first kappa shape index (κ1) is 25.5. The molecule has 4 rings (SSSR count). The number of alkyl halides is 2. The van der Waals surface area contributed by atoms with Crippen molar-refractivity contribution in [1.29, 1.82) is 0 Å². The number of hydrogen-bond acceptors (Lipinski definition) is 6. The van der Waals surface area contributed by atoms with Gasteiger partial charge in [-0.1, -0.05) is 26.8 Å². The molecule has 0 saturated heterocycles. The lowest BCUT2D eigenvalue weighted by molar-refractivity contribution is -0.223. The number of carbonyl (C=O) groups is 3. The highest BCUT2D eigenvalue weighted by molar-refractivity contribution is 8.13. The molecular formula is C25H31F3O5S. The molecule has 188 valence electrons. The van der Waals surface area contributed by atoms with Gasteiger partial charge in [0, 0.05) is 41.9 Å². The monoisotopic (exact) mass is 500 g/mol. The van der Waals surface area contributed by atoms with E-state index in [1.807, 2.05) is 0 Å². The summed E-state index contributed by atoms with van der Waals surface area (Å²) >= 11 is 0.396. The van der Waals surface area contributed by atoms with E-state index in [0.29, 0.717) is 11.8 Å². The largest absolute Gasteiger partial charge is 0.449 e. The molecule has 0 bridgehead atoms. The molecule has 0 heterocycles. The molecule has 0 aliphatic heterocycles. The lowest BCUT2D eigenvalue weighted by Crippen LogP contribution is -2.69. The highest BCUT2D eigenvalue weighted by Crippen LogP contribution is 2.72. The molecule has 0 radical (unpaired) electrons. The second-order valence-corrected chi connectivity index (χ2v) is 11.5. The Labute approximate surface area is 201 Å². The van der Waals surface area contributed by atoms with Crippen molar-refractivity contribution in [2.45, 2.75) is 77.2 Å². The number of aliphatic hydroxyl groups excluding tert-OH is 1. The summed E-state index contributed by atoms with van der Waals surface area (Å²) in [5, 5.41) is 10.7. The number of halogens is 3. The Morgan fingerprint density at radius 3 is 2.59 bits per heavy atom. The van der Waals surface area contributed by atoms with Crippen molar-refractivity contribution in [1.82, 2.24) is 0 Å². The van der Waals surface area contributed by atoms with E-state index in [0.717, 1.165) is 0 Å². The number of esters is 1. The number of hydrogen-bond donors (Lipinski definition) is 1. The Morgan fingerprint density at radius 2 is 1.97 bits per heavy atom. The molecule has 4 aliphatic carbocycles. The predicted octanol–water partition coefficient (Wildman–Crippen LogP) is 4.78. The average Bonchev–Trinajstić information content (AvgIpc) is 2.99. The molecule has 0 aromatic rings. The molecule has 9 heteroatoms. The lowest BCUT2D eigenvalue weighted by atomic mass is 9.45. The maximum atomic E-state index is 17.2. The minimum absolute atomic E-state index is 0.0144. The molecule has 5 nitrogen and oxygen atoms in total. The first-order valence-electron chi connectivity index (χ1n) is 11.8. The molecule has 0 aromatic heterocycles. The van der Waals surface area contributed by atoms with Gasteiger partial charge in [-0.2, -0.15) is 0 Å². The first-order valence-corrected chi connectivity index (χ1v) is 12.7. The van der Waals surface area contributed by atoms with Gasteiger partial charge in [-0.05, 0) is 49.1 Å². The standard InChI is InChI=1S/C25H31F3O5S/c1-5-20(31)33-25(21(32)34-12-26)13(2)8-15-16-10-18(27)17-9-14(29)6-7-22(17,3)24(16,28)19(30)11-23(15,25)4/h6-7,13,15-16,19,30H,5,8-12H2,1-4H3/t13-,15?,16?,19+,22?,23?,24+,25?/m1/s1. The number of carbonyl (C=O) groups excluding carboxylic acids is 3. The van der Waals surface area contributed by atoms with Gasteiger partial charge in [0.25, 0.3) is 0 Å². The number of fused-ring (bicyclic) bond motifs is 5. The van der Waals surface area contributed by atoms with Crippen molar-refractivity contribution in [3.63, 3.8) is 0 Å². The number of ketones is 1. The fourth-order valence-electron chi connectivity index (χ4n) is 7.60. The SMILES string of the molecule is CCC(=O)OC1(C(=O)SCF)[C@H](C)CC2C3CC(F)=C4CC(=O)C=CC4(C)[C@@]3(F)[C@@H](O)CC21C. The summed E-state index contributed by atoms with van der Waals surface area (Å²) in [5.74, 6) is -3.79. The van der Waals surface area contributed by atoms with Crippen LogP contribution in [-0.2, 0) is 19.1 Å². The summed E-state index contributed by atoms with van der Waals surface area (Å²) in [6.45, 7) is 6.46. The van der Waals surface area contributed by atoms with Crippen LogP contribution >= 0.6 is 11.8 Å². The zero-order chi connectivity index (χ0) is 25.3. The minimum Gasteiger partial charge on any atom is -0.449 e. The second kappa shape index (κ2) is 8.22. The summed E-state index contributed by atoms with van der Waals surface area (Å²) < 4.78 is 51.8. The van der Waals surface area contributed by atoms with Crippen LogP contribution in [0.15, 0.2) is 23.6 Å². The number of allylic oxidation sites excluding steroid dienone is 4. The van der Waals surface area contributed by atoms with Crippen LogP contribution in [0, 0.1) is 28.6 Å². The third-order valence-electron chi connectivity index (χ3n) is 9.25. The van der Waals surface area contributed by atoms with Crippen molar-refractivity contribution in [2.75, 3.05) is 6.01 Å². The molecule has 1 N–H and O–H groups in total. The summed E-state index contributed by atoms with van der Waals surface area (Å²) in [6, 6.07) is -1.02. The van der Waals surface area contributed by atoms with Crippen LogP contribution < -0.4 is 0 Å². The number of aliphatic hydroxyl groups is 1. The van der Waals surface area contributed by atoms with E-state index < -0.39 is 68.9 Å². The molecule has 2 saturated carbocycles. The minimum atomic E-state index is -2.29. The van der Waals surface area contributed by atoms with Crippen LogP contribution in [0.25, 0.3) is 0 Å². The second-order valence-electron chi connectivity index (χ2n) is 10.6. The molecule has 5 unspecified atom stereocenters. The van der Waals surface area contributed by atoms with E-state index in [1.165, 1.54) is 19.1 Å². The fraction of sp³-hybridized carbons (Fsp3) is 0.720. The Kier molecular flexibility index (Phi) is 6.16. The Morgan fingerprint density at radius 1 is 1.29 bits per heavy atom. The van der Waals surface area contributed by atoms with Gasteiger partial charge in [-0.15, -0.1) is 0 Å². The molecular weight excluding hydrogens is 469 g/mol. The van der Waals surface area contributed by atoms with Gasteiger partial charge < -0.3 is 9.84 Å².